The Morgan fingerprint density at radius 2 is 2.18 bits per heavy atom. The van der Waals surface area contributed by atoms with Crippen molar-refractivity contribution < 1.29 is 8.42 Å². The Morgan fingerprint density at radius 3 is 2.64 bits per heavy atom. The zero-order chi connectivity index (χ0) is 8.32. The summed E-state index contributed by atoms with van der Waals surface area (Å²) in [6.45, 7) is 0.677. The molecule has 0 bridgehead atoms. The summed E-state index contributed by atoms with van der Waals surface area (Å²) in [6, 6.07) is 0. The molecule has 1 aliphatic rings. The summed E-state index contributed by atoms with van der Waals surface area (Å²) in [4.78, 5) is 0. The maximum Gasteiger partial charge on any atom is 0.150 e. The highest BCUT2D eigenvalue weighted by Crippen LogP contribution is 2.22. The topological polar surface area (TPSA) is 60.2 Å². The fraction of sp³-hybridized carbons (Fsp3) is 1.00. The summed E-state index contributed by atoms with van der Waals surface area (Å²) >= 11 is 0. The van der Waals surface area contributed by atoms with Crippen molar-refractivity contribution in [3.8, 4) is 0 Å². The zero-order valence-corrected chi connectivity index (χ0v) is 7.44. The monoisotopic (exact) mass is 177 g/mol. The molecule has 0 aromatic carbocycles. The third-order valence-corrected chi connectivity index (χ3v) is 3.98. The molecule has 0 amide bonds. The van der Waals surface area contributed by atoms with Crippen molar-refractivity contribution in [2.45, 2.75) is 19.3 Å². The molecule has 1 aliphatic heterocycles. The molecule has 1 fully saturated rings. The minimum Gasteiger partial charge on any atom is -0.330 e. The number of hydrogen-bond donors (Lipinski definition) is 1. The molecular formula is C7H15NO2S. The first-order valence-electron chi connectivity index (χ1n) is 4.04. The molecule has 1 atom stereocenters. The van der Waals surface area contributed by atoms with Crippen molar-refractivity contribution in [2.75, 3.05) is 18.1 Å². The van der Waals surface area contributed by atoms with Gasteiger partial charge in [-0.15, -0.1) is 0 Å². The van der Waals surface area contributed by atoms with Crippen molar-refractivity contribution in [3.63, 3.8) is 0 Å². The predicted octanol–water partition coefficient (Wildman–Crippen LogP) is 0.160. The summed E-state index contributed by atoms with van der Waals surface area (Å²) in [5, 5.41) is 0. The molecule has 1 saturated heterocycles. The molecule has 1 heterocycles. The lowest BCUT2D eigenvalue weighted by Crippen LogP contribution is -2.07. The number of rotatable bonds is 3. The molecule has 2 N–H and O–H groups in total. The Hall–Kier alpha value is -0.0900. The summed E-state index contributed by atoms with van der Waals surface area (Å²) in [5.74, 6) is 1.18. The maximum atomic E-state index is 11.0. The van der Waals surface area contributed by atoms with Crippen LogP contribution >= 0.6 is 0 Å². The van der Waals surface area contributed by atoms with Gasteiger partial charge in [-0.25, -0.2) is 8.42 Å². The average molecular weight is 177 g/mol. The van der Waals surface area contributed by atoms with Crippen LogP contribution in [-0.2, 0) is 9.84 Å². The van der Waals surface area contributed by atoms with E-state index in [1.54, 1.807) is 0 Å². The van der Waals surface area contributed by atoms with Gasteiger partial charge in [0, 0.05) is 0 Å². The summed E-state index contributed by atoms with van der Waals surface area (Å²) in [7, 11) is -2.67. The second-order valence-electron chi connectivity index (χ2n) is 3.20. The lowest BCUT2D eigenvalue weighted by molar-refractivity contribution is 0.523. The Balaban J connectivity index is 2.31. The molecule has 0 spiro atoms. The molecule has 3 nitrogen and oxygen atoms in total. The molecule has 1 rings (SSSR count). The largest absolute Gasteiger partial charge is 0.330 e. The molecule has 66 valence electrons. The summed E-state index contributed by atoms with van der Waals surface area (Å²) < 4.78 is 21.9. The van der Waals surface area contributed by atoms with Gasteiger partial charge < -0.3 is 5.73 Å². The Kier molecular flexibility index (Phi) is 2.90. The molecule has 0 radical (unpaired) electrons. The Morgan fingerprint density at radius 1 is 1.45 bits per heavy atom. The van der Waals surface area contributed by atoms with E-state index in [1.807, 2.05) is 0 Å². The average Bonchev–Trinajstić information content (AvgIpc) is 2.26. The van der Waals surface area contributed by atoms with E-state index in [0.29, 0.717) is 24.0 Å². The highest BCUT2D eigenvalue weighted by atomic mass is 32.2. The first-order chi connectivity index (χ1) is 5.14. The van der Waals surface area contributed by atoms with E-state index in [2.05, 4.69) is 0 Å². The van der Waals surface area contributed by atoms with Gasteiger partial charge in [0.2, 0.25) is 0 Å². The second-order valence-corrected chi connectivity index (χ2v) is 5.43. The minimum atomic E-state index is -2.67. The lowest BCUT2D eigenvalue weighted by atomic mass is 10.0. The smallest absolute Gasteiger partial charge is 0.150 e. The van der Waals surface area contributed by atoms with E-state index in [0.717, 1.165) is 19.3 Å². The van der Waals surface area contributed by atoms with Gasteiger partial charge in [-0.2, -0.15) is 0 Å². The first-order valence-corrected chi connectivity index (χ1v) is 5.87. The van der Waals surface area contributed by atoms with Gasteiger partial charge in [-0.3, -0.25) is 0 Å². The van der Waals surface area contributed by atoms with Crippen molar-refractivity contribution in [3.05, 3.63) is 0 Å². The Labute approximate surface area is 67.9 Å². The minimum absolute atomic E-state index is 0.391. The van der Waals surface area contributed by atoms with E-state index in [-0.39, 0.29) is 0 Å². The summed E-state index contributed by atoms with van der Waals surface area (Å²) in [5.41, 5.74) is 5.32. The molecular weight excluding hydrogens is 162 g/mol. The molecule has 0 aromatic heterocycles. The highest BCUT2D eigenvalue weighted by Gasteiger charge is 2.26. The SMILES string of the molecule is NCCCC1CCS(=O)(=O)C1. The second kappa shape index (κ2) is 3.54. The van der Waals surface area contributed by atoms with Gasteiger partial charge in [0.05, 0.1) is 11.5 Å². The zero-order valence-electron chi connectivity index (χ0n) is 6.62. The van der Waals surface area contributed by atoms with Gasteiger partial charge in [0.1, 0.15) is 0 Å². The van der Waals surface area contributed by atoms with Crippen LogP contribution in [0.4, 0.5) is 0 Å². The fourth-order valence-corrected chi connectivity index (χ4v) is 3.42. The molecule has 11 heavy (non-hydrogen) atoms. The van der Waals surface area contributed by atoms with Crippen LogP contribution in [0.2, 0.25) is 0 Å². The molecule has 4 heteroatoms. The van der Waals surface area contributed by atoms with Crippen LogP contribution in [0.5, 0.6) is 0 Å². The molecule has 1 unspecified atom stereocenters. The quantitative estimate of drug-likeness (QED) is 0.668. The third-order valence-electron chi connectivity index (χ3n) is 2.14. The van der Waals surface area contributed by atoms with Gasteiger partial charge >= 0.3 is 0 Å². The standard InChI is InChI=1S/C7H15NO2S/c8-4-1-2-7-3-5-11(9,10)6-7/h7H,1-6,8H2. The highest BCUT2D eigenvalue weighted by molar-refractivity contribution is 7.91. The van der Waals surface area contributed by atoms with Crippen LogP contribution < -0.4 is 5.73 Å². The van der Waals surface area contributed by atoms with Crippen molar-refractivity contribution >= 4 is 9.84 Å². The van der Waals surface area contributed by atoms with E-state index in [1.165, 1.54) is 0 Å². The van der Waals surface area contributed by atoms with Crippen molar-refractivity contribution in [1.82, 2.24) is 0 Å². The fourth-order valence-electron chi connectivity index (χ4n) is 1.51. The Bertz CT molecular complexity index is 210. The third kappa shape index (κ3) is 2.79. The van der Waals surface area contributed by atoms with Gasteiger partial charge in [0.15, 0.2) is 9.84 Å². The van der Waals surface area contributed by atoms with Gasteiger partial charge in [-0.05, 0) is 31.7 Å². The molecule has 0 saturated carbocycles. The molecule has 0 aliphatic carbocycles. The van der Waals surface area contributed by atoms with Crippen molar-refractivity contribution in [2.24, 2.45) is 11.7 Å². The van der Waals surface area contributed by atoms with Crippen molar-refractivity contribution in [1.29, 1.82) is 0 Å². The van der Waals surface area contributed by atoms with E-state index in [9.17, 15) is 8.42 Å². The number of nitrogens with two attached hydrogens (primary N) is 1. The summed E-state index contributed by atoms with van der Waals surface area (Å²) in [6.07, 6.45) is 2.79. The van der Waals surface area contributed by atoms with Gasteiger partial charge in [-0.1, -0.05) is 0 Å². The maximum absolute atomic E-state index is 11.0. The normalized spacial score (nSPS) is 29.0. The van der Waals surface area contributed by atoms with Crippen LogP contribution in [-0.4, -0.2) is 26.5 Å². The predicted molar refractivity (Wildman–Crippen MR) is 45.0 cm³/mol. The van der Waals surface area contributed by atoms with E-state index >= 15 is 0 Å². The number of hydrogen-bond acceptors (Lipinski definition) is 3. The van der Waals surface area contributed by atoms with Crippen LogP contribution in [0.3, 0.4) is 0 Å². The number of sulfone groups is 1. The lowest BCUT2D eigenvalue weighted by Gasteiger charge is -2.03. The van der Waals surface area contributed by atoms with Crippen LogP contribution in [0.15, 0.2) is 0 Å². The van der Waals surface area contributed by atoms with Crippen LogP contribution in [0.1, 0.15) is 19.3 Å². The van der Waals surface area contributed by atoms with Crippen LogP contribution in [0.25, 0.3) is 0 Å². The first kappa shape index (κ1) is 9.00. The van der Waals surface area contributed by atoms with E-state index < -0.39 is 9.84 Å². The van der Waals surface area contributed by atoms with E-state index in [4.69, 9.17) is 5.73 Å². The van der Waals surface area contributed by atoms with Gasteiger partial charge in [0.25, 0.3) is 0 Å². The molecule has 0 aromatic rings. The van der Waals surface area contributed by atoms with Crippen LogP contribution in [0, 0.1) is 5.92 Å².